The van der Waals surface area contributed by atoms with E-state index in [1.807, 2.05) is 36.4 Å². The molecule has 0 amide bonds. The molecule has 0 bridgehead atoms. The molecular weight excluding hydrogens is 326 g/mol. The Bertz CT molecular complexity index is 707. The van der Waals surface area contributed by atoms with Gasteiger partial charge in [-0.05, 0) is 40.2 Å². The highest BCUT2D eigenvalue weighted by Crippen LogP contribution is 2.24. The molecule has 1 N–H and O–H groups in total. The SMILES string of the molecule is Clc1cccc(-c2ncc(-c3ccc(Br)nc3)[nH]2)c1. The number of nitrogens with one attached hydrogen (secondary N) is 1. The standard InChI is InChI=1S/C14H9BrClN3/c15-13-5-4-10(7-17-13)12-8-18-14(19-12)9-2-1-3-11(16)6-9/h1-8H,(H,18,19). The van der Waals surface area contributed by atoms with E-state index in [2.05, 4.69) is 30.9 Å². The highest BCUT2D eigenvalue weighted by molar-refractivity contribution is 9.10. The van der Waals surface area contributed by atoms with Crippen molar-refractivity contribution in [2.24, 2.45) is 0 Å². The summed E-state index contributed by atoms with van der Waals surface area (Å²) in [4.78, 5) is 11.8. The summed E-state index contributed by atoms with van der Waals surface area (Å²) < 4.78 is 0.811. The summed E-state index contributed by atoms with van der Waals surface area (Å²) in [6, 6.07) is 11.5. The normalized spacial score (nSPS) is 10.6. The van der Waals surface area contributed by atoms with Crippen LogP contribution in [0.15, 0.2) is 53.4 Å². The minimum Gasteiger partial charge on any atom is -0.338 e. The number of nitrogens with zero attached hydrogens (tertiary/aromatic N) is 2. The number of hydrogen-bond acceptors (Lipinski definition) is 2. The number of rotatable bonds is 2. The Morgan fingerprint density at radius 2 is 1.89 bits per heavy atom. The molecule has 0 aliphatic carbocycles. The van der Waals surface area contributed by atoms with Gasteiger partial charge < -0.3 is 4.98 Å². The molecule has 3 rings (SSSR count). The number of aromatic nitrogens is 3. The Hall–Kier alpha value is -1.65. The van der Waals surface area contributed by atoms with Crippen molar-refractivity contribution in [3.8, 4) is 22.6 Å². The molecule has 0 fully saturated rings. The fourth-order valence-electron chi connectivity index (χ4n) is 1.79. The van der Waals surface area contributed by atoms with Crippen LogP contribution in [0.25, 0.3) is 22.6 Å². The number of imidazole rings is 1. The van der Waals surface area contributed by atoms with Crippen LogP contribution in [0.1, 0.15) is 0 Å². The highest BCUT2D eigenvalue weighted by atomic mass is 79.9. The lowest BCUT2D eigenvalue weighted by Gasteiger charge is -1.98. The molecule has 3 nitrogen and oxygen atoms in total. The lowest BCUT2D eigenvalue weighted by molar-refractivity contribution is 1.26. The summed E-state index contributed by atoms with van der Waals surface area (Å²) in [7, 11) is 0. The third-order valence-corrected chi connectivity index (χ3v) is 3.42. The Morgan fingerprint density at radius 1 is 1.00 bits per heavy atom. The maximum atomic E-state index is 5.98. The first-order chi connectivity index (χ1) is 9.22. The van der Waals surface area contributed by atoms with Crippen LogP contribution in [0.2, 0.25) is 5.02 Å². The van der Waals surface area contributed by atoms with Gasteiger partial charge in [0.15, 0.2) is 0 Å². The number of hydrogen-bond donors (Lipinski definition) is 1. The summed E-state index contributed by atoms with van der Waals surface area (Å²) in [6.07, 6.45) is 3.58. The van der Waals surface area contributed by atoms with Gasteiger partial charge in [0.1, 0.15) is 10.4 Å². The van der Waals surface area contributed by atoms with Gasteiger partial charge in [0.2, 0.25) is 0 Å². The molecule has 0 radical (unpaired) electrons. The molecule has 0 aliphatic rings. The van der Waals surface area contributed by atoms with Gasteiger partial charge in [-0.1, -0.05) is 23.7 Å². The van der Waals surface area contributed by atoms with Crippen LogP contribution in [-0.4, -0.2) is 15.0 Å². The molecule has 94 valence electrons. The minimum absolute atomic E-state index is 0.695. The second-order valence-corrected chi connectivity index (χ2v) is 5.27. The molecule has 0 atom stereocenters. The Morgan fingerprint density at radius 3 is 2.63 bits per heavy atom. The van der Waals surface area contributed by atoms with Crippen molar-refractivity contribution >= 4 is 27.5 Å². The van der Waals surface area contributed by atoms with Crippen LogP contribution < -0.4 is 0 Å². The molecule has 0 spiro atoms. The van der Waals surface area contributed by atoms with Crippen molar-refractivity contribution in [3.63, 3.8) is 0 Å². The number of pyridine rings is 1. The number of aromatic amines is 1. The molecule has 1 aromatic carbocycles. The number of halogens is 2. The van der Waals surface area contributed by atoms with E-state index >= 15 is 0 Å². The van der Waals surface area contributed by atoms with Crippen LogP contribution in [0, 0.1) is 0 Å². The van der Waals surface area contributed by atoms with Gasteiger partial charge in [-0.2, -0.15) is 0 Å². The van der Waals surface area contributed by atoms with E-state index in [0.717, 1.165) is 27.2 Å². The zero-order valence-electron chi connectivity index (χ0n) is 9.77. The molecule has 0 saturated heterocycles. The molecule has 5 heteroatoms. The quantitative estimate of drug-likeness (QED) is 0.698. The number of H-pyrrole nitrogens is 1. The molecule has 2 aromatic heterocycles. The first-order valence-corrected chi connectivity index (χ1v) is 6.82. The Balaban J connectivity index is 1.97. The summed E-state index contributed by atoms with van der Waals surface area (Å²) in [5, 5.41) is 0.695. The average molecular weight is 335 g/mol. The molecular formula is C14H9BrClN3. The first kappa shape index (κ1) is 12.4. The van der Waals surface area contributed by atoms with Crippen molar-refractivity contribution in [2.45, 2.75) is 0 Å². The topological polar surface area (TPSA) is 41.6 Å². The van der Waals surface area contributed by atoms with Crippen LogP contribution in [0.4, 0.5) is 0 Å². The number of benzene rings is 1. The maximum Gasteiger partial charge on any atom is 0.137 e. The largest absolute Gasteiger partial charge is 0.338 e. The summed E-state index contributed by atoms with van der Waals surface area (Å²) in [5.74, 6) is 0.792. The van der Waals surface area contributed by atoms with Crippen molar-refractivity contribution < 1.29 is 0 Å². The molecule has 3 aromatic rings. The minimum atomic E-state index is 0.695. The molecule has 2 heterocycles. The van der Waals surface area contributed by atoms with Gasteiger partial charge in [0, 0.05) is 22.3 Å². The highest BCUT2D eigenvalue weighted by Gasteiger charge is 2.06. The third kappa shape index (κ3) is 2.69. The molecule has 0 unspecified atom stereocenters. The van der Waals surface area contributed by atoms with Crippen LogP contribution >= 0.6 is 27.5 Å². The van der Waals surface area contributed by atoms with Crippen molar-refractivity contribution in [2.75, 3.05) is 0 Å². The van der Waals surface area contributed by atoms with Crippen LogP contribution in [0.3, 0.4) is 0 Å². The predicted octanol–water partition coefficient (Wildman–Crippen LogP) is 4.55. The monoisotopic (exact) mass is 333 g/mol. The van der Waals surface area contributed by atoms with Gasteiger partial charge in [-0.15, -0.1) is 0 Å². The summed E-state index contributed by atoms with van der Waals surface area (Å²) in [5.41, 5.74) is 2.88. The fraction of sp³-hybridized carbons (Fsp3) is 0. The van der Waals surface area contributed by atoms with Gasteiger partial charge in [-0.3, -0.25) is 0 Å². The van der Waals surface area contributed by atoms with Gasteiger partial charge in [0.25, 0.3) is 0 Å². The average Bonchev–Trinajstić information content (AvgIpc) is 2.89. The van der Waals surface area contributed by atoms with E-state index in [1.165, 1.54) is 0 Å². The second-order valence-electron chi connectivity index (χ2n) is 4.03. The lowest BCUT2D eigenvalue weighted by Crippen LogP contribution is -1.82. The van der Waals surface area contributed by atoms with Crippen molar-refractivity contribution in [1.82, 2.24) is 15.0 Å². The second kappa shape index (κ2) is 5.15. The van der Waals surface area contributed by atoms with E-state index in [-0.39, 0.29) is 0 Å². The first-order valence-electron chi connectivity index (χ1n) is 5.65. The Labute approximate surface area is 123 Å². The van der Waals surface area contributed by atoms with Crippen molar-refractivity contribution in [1.29, 1.82) is 0 Å². The van der Waals surface area contributed by atoms with Gasteiger partial charge in [0.05, 0.1) is 11.9 Å². The van der Waals surface area contributed by atoms with Gasteiger partial charge in [-0.25, -0.2) is 9.97 Å². The fourth-order valence-corrected chi connectivity index (χ4v) is 2.21. The van der Waals surface area contributed by atoms with E-state index in [9.17, 15) is 0 Å². The predicted molar refractivity (Wildman–Crippen MR) is 80.0 cm³/mol. The zero-order chi connectivity index (χ0) is 13.2. The molecule has 0 aliphatic heterocycles. The molecule has 19 heavy (non-hydrogen) atoms. The van der Waals surface area contributed by atoms with E-state index < -0.39 is 0 Å². The zero-order valence-corrected chi connectivity index (χ0v) is 12.1. The lowest BCUT2D eigenvalue weighted by atomic mass is 10.2. The Kier molecular flexibility index (Phi) is 3.36. The van der Waals surface area contributed by atoms with Gasteiger partial charge >= 0.3 is 0 Å². The van der Waals surface area contributed by atoms with E-state index in [1.54, 1.807) is 12.4 Å². The van der Waals surface area contributed by atoms with Crippen LogP contribution in [-0.2, 0) is 0 Å². The van der Waals surface area contributed by atoms with Crippen LogP contribution in [0.5, 0.6) is 0 Å². The van der Waals surface area contributed by atoms with Crippen molar-refractivity contribution in [3.05, 3.63) is 58.4 Å². The summed E-state index contributed by atoms with van der Waals surface area (Å²) in [6.45, 7) is 0. The smallest absolute Gasteiger partial charge is 0.137 e. The van der Waals surface area contributed by atoms with E-state index in [4.69, 9.17) is 11.6 Å². The summed E-state index contributed by atoms with van der Waals surface area (Å²) >= 11 is 9.30. The maximum absolute atomic E-state index is 5.98. The molecule has 0 saturated carbocycles. The third-order valence-electron chi connectivity index (χ3n) is 2.71. The van der Waals surface area contributed by atoms with E-state index in [0.29, 0.717) is 5.02 Å².